The normalized spacial score (nSPS) is 16.9. The highest BCUT2D eigenvalue weighted by molar-refractivity contribution is 5.95. The summed E-state index contributed by atoms with van der Waals surface area (Å²) in [4.78, 5) is 28.0. The molecule has 1 saturated heterocycles. The van der Waals surface area contributed by atoms with Crippen molar-refractivity contribution in [2.24, 2.45) is 0 Å². The maximum atomic E-state index is 13.1. The molecule has 5 nitrogen and oxygen atoms in total. The predicted octanol–water partition coefficient (Wildman–Crippen LogP) is 3.43. The topological polar surface area (TPSA) is 51.5 Å². The molecule has 0 radical (unpaired) electrons. The Morgan fingerprint density at radius 3 is 2.75 bits per heavy atom. The van der Waals surface area contributed by atoms with Crippen LogP contribution in [0.1, 0.15) is 47.7 Å². The molecule has 5 heteroatoms. The summed E-state index contributed by atoms with van der Waals surface area (Å²) in [6.45, 7) is 6.44. The number of nitrogens with zero attached hydrogens (tertiary/aromatic N) is 2. The first-order chi connectivity index (χ1) is 13.6. The number of ether oxygens (including phenoxy) is 1. The molecule has 150 valence electrons. The highest BCUT2D eigenvalue weighted by atomic mass is 16.5. The standard InChI is InChI=1S/C23H30N2O3/c1-3-16-28-20-10-7-13-25(17-20)23(27)21-18(2)11-14-24(22(21)26)15-12-19-8-5-4-6-9-19/h4-6,8-9,11,14,20H,3,7,10,12-13,15-17H2,1-2H3. The van der Waals surface area contributed by atoms with E-state index in [-0.39, 0.29) is 17.6 Å². The molecule has 1 amide bonds. The van der Waals surface area contributed by atoms with Crippen LogP contribution in [0.4, 0.5) is 0 Å². The Labute approximate surface area is 166 Å². The van der Waals surface area contributed by atoms with Gasteiger partial charge in [0.2, 0.25) is 0 Å². The molecular weight excluding hydrogens is 352 g/mol. The minimum absolute atomic E-state index is 0.0713. The number of piperidine rings is 1. The van der Waals surface area contributed by atoms with Gasteiger partial charge in [-0.15, -0.1) is 0 Å². The number of hydrogen-bond donors (Lipinski definition) is 0. The van der Waals surface area contributed by atoms with Gasteiger partial charge in [0, 0.05) is 32.4 Å². The van der Waals surface area contributed by atoms with Gasteiger partial charge in [0.25, 0.3) is 11.5 Å². The van der Waals surface area contributed by atoms with Crippen molar-refractivity contribution >= 4 is 5.91 Å². The lowest BCUT2D eigenvalue weighted by Crippen LogP contribution is -2.45. The van der Waals surface area contributed by atoms with E-state index in [4.69, 9.17) is 4.74 Å². The zero-order valence-electron chi connectivity index (χ0n) is 16.9. The van der Waals surface area contributed by atoms with Crippen LogP contribution in [0, 0.1) is 6.92 Å². The fourth-order valence-electron chi connectivity index (χ4n) is 3.70. The van der Waals surface area contributed by atoms with Crippen molar-refractivity contribution in [1.29, 1.82) is 0 Å². The van der Waals surface area contributed by atoms with E-state index in [1.165, 1.54) is 5.56 Å². The van der Waals surface area contributed by atoms with Crippen molar-refractivity contribution < 1.29 is 9.53 Å². The second kappa shape index (κ2) is 9.69. The van der Waals surface area contributed by atoms with E-state index in [1.54, 1.807) is 15.7 Å². The molecule has 3 rings (SSSR count). The number of hydrogen-bond acceptors (Lipinski definition) is 3. The van der Waals surface area contributed by atoms with E-state index in [1.807, 2.05) is 31.2 Å². The van der Waals surface area contributed by atoms with Crippen molar-refractivity contribution in [3.63, 3.8) is 0 Å². The Hall–Kier alpha value is -2.40. The molecule has 1 aliphatic heterocycles. The van der Waals surface area contributed by atoms with Crippen LogP contribution in [0.3, 0.4) is 0 Å². The third kappa shape index (κ3) is 4.90. The predicted molar refractivity (Wildman–Crippen MR) is 111 cm³/mol. The van der Waals surface area contributed by atoms with Gasteiger partial charge in [-0.25, -0.2) is 0 Å². The highest BCUT2D eigenvalue weighted by Crippen LogP contribution is 2.17. The number of carbonyl (C=O) groups excluding carboxylic acids is 1. The monoisotopic (exact) mass is 382 g/mol. The number of carbonyl (C=O) groups is 1. The van der Waals surface area contributed by atoms with E-state index >= 15 is 0 Å². The van der Waals surface area contributed by atoms with Crippen molar-refractivity contribution in [2.75, 3.05) is 19.7 Å². The van der Waals surface area contributed by atoms with Crippen LogP contribution >= 0.6 is 0 Å². The summed E-state index contributed by atoms with van der Waals surface area (Å²) in [5.41, 5.74) is 2.02. The van der Waals surface area contributed by atoms with Crippen LogP contribution in [0.15, 0.2) is 47.4 Å². The maximum Gasteiger partial charge on any atom is 0.263 e. The van der Waals surface area contributed by atoms with E-state index in [0.29, 0.717) is 31.8 Å². The highest BCUT2D eigenvalue weighted by Gasteiger charge is 2.27. The van der Waals surface area contributed by atoms with Crippen LogP contribution in [-0.4, -0.2) is 41.2 Å². The molecule has 28 heavy (non-hydrogen) atoms. The van der Waals surface area contributed by atoms with Gasteiger partial charge in [-0.2, -0.15) is 0 Å². The Kier molecular flexibility index (Phi) is 7.04. The fourth-order valence-corrected chi connectivity index (χ4v) is 3.70. The quantitative estimate of drug-likeness (QED) is 0.737. The Morgan fingerprint density at radius 2 is 2.00 bits per heavy atom. The smallest absolute Gasteiger partial charge is 0.263 e. The average Bonchev–Trinajstić information content (AvgIpc) is 2.72. The molecule has 0 spiro atoms. The van der Waals surface area contributed by atoms with E-state index in [0.717, 1.165) is 31.2 Å². The number of benzene rings is 1. The Balaban J connectivity index is 1.75. The SMILES string of the molecule is CCCOC1CCCN(C(=O)c2c(C)ccn(CCc3ccccc3)c2=O)C1. The van der Waals surface area contributed by atoms with Crippen molar-refractivity contribution in [2.45, 2.75) is 52.2 Å². The lowest BCUT2D eigenvalue weighted by Gasteiger charge is -2.33. The number of pyridine rings is 1. The van der Waals surface area contributed by atoms with Crippen molar-refractivity contribution in [3.05, 3.63) is 69.6 Å². The van der Waals surface area contributed by atoms with Gasteiger partial charge in [-0.3, -0.25) is 9.59 Å². The van der Waals surface area contributed by atoms with Crippen LogP contribution in [0.5, 0.6) is 0 Å². The first-order valence-corrected chi connectivity index (χ1v) is 10.2. The molecule has 0 saturated carbocycles. The van der Waals surface area contributed by atoms with Crippen LogP contribution in [0.2, 0.25) is 0 Å². The number of aryl methyl sites for hydroxylation is 3. The third-order valence-electron chi connectivity index (χ3n) is 5.29. The van der Waals surface area contributed by atoms with Gasteiger partial charge in [0.1, 0.15) is 5.56 Å². The molecule has 2 heterocycles. The molecule has 1 atom stereocenters. The number of aromatic nitrogens is 1. The van der Waals surface area contributed by atoms with Gasteiger partial charge in [-0.05, 0) is 49.8 Å². The Morgan fingerprint density at radius 1 is 1.21 bits per heavy atom. The molecule has 1 aromatic carbocycles. The van der Waals surface area contributed by atoms with Crippen LogP contribution in [0.25, 0.3) is 0 Å². The summed E-state index contributed by atoms with van der Waals surface area (Å²) in [6, 6.07) is 11.9. The molecule has 0 N–H and O–H groups in total. The number of rotatable bonds is 7. The molecule has 0 aliphatic carbocycles. The first kappa shape index (κ1) is 20.3. The zero-order valence-corrected chi connectivity index (χ0v) is 16.9. The summed E-state index contributed by atoms with van der Waals surface area (Å²) in [7, 11) is 0. The Bertz CT molecular complexity index is 845. The van der Waals surface area contributed by atoms with Crippen LogP contribution in [-0.2, 0) is 17.7 Å². The molecule has 2 aromatic rings. The lowest BCUT2D eigenvalue weighted by atomic mass is 10.0. The zero-order chi connectivity index (χ0) is 19.9. The second-order valence-electron chi connectivity index (χ2n) is 7.49. The molecule has 0 bridgehead atoms. The van der Waals surface area contributed by atoms with Gasteiger partial charge in [-0.1, -0.05) is 37.3 Å². The minimum Gasteiger partial charge on any atom is -0.376 e. The average molecular weight is 383 g/mol. The van der Waals surface area contributed by atoms with Crippen LogP contribution < -0.4 is 5.56 Å². The molecule has 1 aromatic heterocycles. The summed E-state index contributed by atoms with van der Waals surface area (Å²) in [5.74, 6) is -0.165. The lowest BCUT2D eigenvalue weighted by molar-refractivity contribution is 0.00200. The van der Waals surface area contributed by atoms with Crippen molar-refractivity contribution in [3.8, 4) is 0 Å². The van der Waals surface area contributed by atoms with E-state index in [9.17, 15) is 9.59 Å². The van der Waals surface area contributed by atoms with E-state index < -0.39 is 0 Å². The summed E-state index contributed by atoms with van der Waals surface area (Å²) >= 11 is 0. The summed E-state index contributed by atoms with van der Waals surface area (Å²) in [6.07, 6.45) is 5.47. The number of amides is 1. The van der Waals surface area contributed by atoms with Gasteiger partial charge < -0.3 is 14.2 Å². The fraction of sp³-hybridized carbons (Fsp3) is 0.478. The molecule has 1 aliphatic rings. The largest absolute Gasteiger partial charge is 0.376 e. The van der Waals surface area contributed by atoms with Gasteiger partial charge in [0.15, 0.2) is 0 Å². The summed E-state index contributed by atoms with van der Waals surface area (Å²) in [5, 5.41) is 0. The second-order valence-corrected chi connectivity index (χ2v) is 7.49. The molecular formula is C23H30N2O3. The van der Waals surface area contributed by atoms with Gasteiger partial charge >= 0.3 is 0 Å². The molecule has 1 fully saturated rings. The summed E-state index contributed by atoms with van der Waals surface area (Å²) < 4.78 is 7.50. The third-order valence-corrected chi connectivity index (χ3v) is 5.29. The van der Waals surface area contributed by atoms with Crippen molar-refractivity contribution in [1.82, 2.24) is 9.47 Å². The number of likely N-dealkylation sites (tertiary alicyclic amines) is 1. The maximum absolute atomic E-state index is 13.1. The minimum atomic E-state index is -0.197. The molecule has 1 unspecified atom stereocenters. The van der Waals surface area contributed by atoms with Gasteiger partial charge in [0.05, 0.1) is 6.10 Å². The first-order valence-electron chi connectivity index (χ1n) is 10.2. The van der Waals surface area contributed by atoms with E-state index in [2.05, 4.69) is 19.1 Å².